The molecule has 0 aromatic heterocycles. The molecule has 2 nitrogen and oxygen atoms in total. The van der Waals surface area contributed by atoms with Crippen LogP contribution < -0.4 is 0 Å². The standard InChI is InChI=1S/C22H27FN2/c1-17-3-2-11-25(17)14-13-24-12-10-20-15-19(4-5-21(20)16-24)18-6-8-22(23)9-7-18/h4-9,15,17H,2-3,10-14,16H2,1H3/t17-/m1/s1. The predicted octanol–water partition coefficient (Wildman–Crippen LogP) is 4.34. The maximum atomic E-state index is 13.1. The van der Waals surface area contributed by atoms with Crippen LogP contribution in [0.2, 0.25) is 0 Å². The van der Waals surface area contributed by atoms with Crippen molar-refractivity contribution < 1.29 is 4.39 Å². The van der Waals surface area contributed by atoms with E-state index in [0.29, 0.717) is 0 Å². The van der Waals surface area contributed by atoms with Crippen LogP contribution in [-0.4, -0.2) is 42.0 Å². The van der Waals surface area contributed by atoms with Crippen molar-refractivity contribution in [2.45, 2.75) is 38.8 Å². The number of hydrogen-bond donors (Lipinski definition) is 0. The molecule has 2 aromatic rings. The topological polar surface area (TPSA) is 6.48 Å². The van der Waals surface area contributed by atoms with Crippen molar-refractivity contribution >= 4 is 0 Å². The predicted molar refractivity (Wildman–Crippen MR) is 101 cm³/mol. The summed E-state index contributed by atoms with van der Waals surface area (Å²) in [7, 11) is 0. The first-order chi connectivity index (χ1) is 12.2. The van der Waals surface area contributed by atoms with Gasteiger partial charge in [0.15, 0.2) is 0 Å². The van der Waals surface area contributed by atoms with Crippen molar-refractivity contribution in [2.24, 2.45) is 0 Å². The Morgan fingerprint density at radius 2 is 1.76 bits per heavy atom. The zero-order chi connectivity index (χ0) is 17.2. The number of likely N-dealkylation sites (tertiary alicyclic amines) is 1. The molecule has 132 valence electrons. The lowest BCUT2D eigenvalue weighted by Crippen LogP contribution is -2.39. The summed E-state index contributed by atoms with van der Waals surface area (Å²) in [5.74, 6) is -0.176. The molecule has 3 heteroatoms. The Morgan fingerprint density at radius 1 is 0.960 bits per heavy atom. The van der Waals surface area contributed by atoms with Gasteiger partial charge < -0.3 is 0 Å². The van der Waals surface area contributed by atoms with Crippen molar-refractivity contribution in [3.05, 3.63) is 59.4 Å². The van der Waals surface area contributed by atoms with Crippen molar-refractivity contribution in [3.8, 4) is 11.1 Å². The summed E-state index contributed by atoms with van der Waals surface area (Å²) in [6, 6.07) is 14.3. The van der Waals surface area contributed by atoms with Gasteiger partial charge in [-0.15, -0.1) is 0 Å². The maximum absolute atomic E-state index is 13.1. The monoisotopic (exact) mass is 338 g/mol. The van der Waals surface area contributed by atoms with E-state index in [-0.39, 0.29) is 5.82 Å². The van der Waals surface area contributed by atoms with Gasteiger partial charge in [0.2, 0.25) is 0 Å². The van der Waals surface area contributed by atoms with Crippen LogP contribution >= 0.6 is 0 Å². The van der Waals surface area contributed by atoms with Crippen molar-refractivity contribution in [1.29, 1.82) is 0 Å². The molecule has 0 spiro atoms. The third-order valence-electron chi connectivity index (χ3n) is 5.87. The second kappa shape index (κ2) is 7.27. The molecule has 2 aliphatic heterocycles. The lowest BCUT2D eigenvalue weighted by Gasteiger charge is -2.31. The molecule has 2 heterocycles. The Kier molecular flexibility index (Phi) is 4.87. The van der Waals surface area contributed by atoms with E-state index in [9.17, 15) is 4.39 Å². The van der Waals surface area contributed by atoms with Crippen molar-refractivity contribution in [3.63, 3.8) is 0 Å². The molecule has 1 atom stereocenters. The first-order valence-electron chi connectivity index (χ1n) is 9.53. The summed E-state index contributed by atoms with van der Waals surface area (Å²) in [5.41, 5.74) is 5.19. The molecule has 0 radical (unpaired) electrons. The van der Waals surface area contributed by atoms with Gasteiger partial charge in [-0.05, 0) is 67.1 Å². The second-order valence-electron chi connectivity index (χ2n) is 7.54. The van der Waals surface area contributed by atoms with E-state index in [1.807, 2.05) is 12.1 Å². The molecule has 0 bridgehead atoms. The van der Waals surface area contributed by atoms with Gasteiger partial charge in [-0.1, -0.05) is 30.3 Å². The molecule has 25 heavy (non-hydrogen) atoms. The zero-order valence-electron chi connectivity index (χ0n) is 15.0. The average molecular weight is 338 g/mol. The third-order valence-corrected chi connectivity index (χ3v) is 5.87. The largest absolute Gasteiger partial charge is 0.299 e. The van der Waals surface area contributed by atoms with Gasteiger partial charge in [-0.2, -0.15) is 0 Å². The van der Waals surface area contributed by atoms with E-state index in [4.69, 9.17) is 0 Å². The fourth-order valence-electron chi connectivity index (χ4n) is 4.22. The van der Waals surface area contributed by atoms with Gasteiger partial charge >= 0.3 is 0 Å². The van der Waals surface area contributed by atoms with Crippen LogP contribution in [0.1, 0.15) is 30.9 Å². The summed E-state index contributed by atoms with van der Waals surface area (Å²) in [5, 5.41) is 0. The number of halogens is 1. The van der Waals surface area contributed by atoms with Gasteiger partial charge in [-0.25, -0.2) is 4.39 Å². The quantitative estimate of drug-likeness (QED) is 0.818. The highest BCUT2D eigenvalue weighted by Gasteiger charge is 2.22. The number of benzene rings is 2. The summed E-state index contributed by atoms with van der Waals surface area (Å²) in [4.78, 5) is 5.22. The summed E-state index contributed by atoms with van der Waals surface area (Å²) in [6.45, 7) is 8.19. The Labute approximate surface area is 150 Å². The molecular weight excluding hydrogens is 311 g/mol. The molecule has 1 saturated heterocycles. The van der Waals surface area contributed by atoms with Crippen LogP contribution in [-0.2, 0) is 13.0 Å². The van der Waals surface area contributed by atoms with Crippen LogP contribution in [0.3, 0.4) is 0 Å². The summed E-state index contributed by atoms with van der Waals surface area (Å²) < 4.78 is 13.1. The van der Waals surface area contributed by atoms with E-state index < -0.39 is 0 Å². The second-order valence-corrected chi connectivity index (χ2v) is 7.54. The fourth-order valence-corrected chi connectivity index (χ4v) is 4.22. The zero-order valence-corrected chi connectivity index (χ0v) is 15.0. The molecule has 1 fully saturated rings. The molecular formula is C22H27FN2. The maximum Gasteiger partial charge on any atom is 0.123 e. The van der Waals surface area contributed by atoms with Gasteiger partial charge in [0.25, 0.3) is 0 Å². The number of fused-ring (bicyclic) bond motifs is 1. The van der Waals surface area contributed by atoms with Crippen LogP contribution in [0.5, 0.6) is 0 Å². The van der Waals surface area contributed by atoms with Crippen LogP contribution in [0.25, 0.3) is 11.1 Å². The average Bonchev–Trinajstić information content (AvgIpc) is 3.05. The third kappa shape index (κ3) is 3.78. The minimum absolute atomic E-state index is 0.176. The van der Waals surface area contributed by atoms with Crippen LogP contribution in [0.15, 0.2) is 42.5 Å². The highest BCUT2D eigenvalue weighted by molar-refractivity contribution is 5.65. The van der Waals surface area contributed by atoms with Gasteiger partial charge in [0.05, 0.1) is 0 Å². The first-order valence-corrected chi connectivity index (χ1v) is 9.53. The van der Waals surface area contributed by atoms with Gasteiger partial charge in [0, 0.05) is 32.2 Å². The molecule has 0 unspecified atom stereocenters. The van der Waals surface area contributed by atoms with Gasteiger partial charge in [-0.3, -0.25) is 9.80 Å². The van der Waals surface area contributed by atoms with E-state index in [1.165, 1.54) is 61.3 Å². The molecule has 0 N–H and O–H groups in total. The number of nitrogens with zero attached hydrogens (tertiary/aromatic N) is 2. The lowest BCUT2D eigenvalue weighted by atomic mass is 9.94. The highest BCUT2D eigenvalue weighted by Crippen LogP contribution is 2.26. The highest BCUT2D eigenvalue weighted by atomic mass is 19.1. The molecule has 0 amide bonds. The van der Waals surface area contributed by atoms with Crippen LogP contribution in [0.4, 0.5) is 4.39 Å². The van der Waals surface area contributed by atoms with E-state index in [1.54, 1.807) is 0 Å². The van der Waals surface area contributed by atoms with Crippen molar-refractivity contribution in [2.75, 3.05) is 26.2 Å². The molecule has 0 saturated carbocycles. The smallest absolute Gasteiger partial charge is 0.123 e. The minimum atomic E-state index is -0.176. The Balaban J connectivity index is 1.41. The summed E-state index contributed by atoms with van der Waals surface area (Å²) in [6.07, 6.45) is 3.82. The van der Waals surface area contributed by atoms with Gasteiger partial charge in [0.1, 0.15) is 5.82 Å². The first kappa shape index (κ1) is 16.7. The number of rotatable bonds is 4. The van der Waals surface area contributed by atoms with E-state index in [2.05, 4.69) is 34.9 Å². The minimum Gasteiger partial charge on any atom is -0.299 e. The van der Waals surface area contributed by atoms with E-state index in [0.717, 1.165) is 31.1 Å². The van der Waals surface area contributed by atoms with Crippen LogP contribution in [0, 0.1) is 5.82 Å². The molecule has 2 aromatic carbocycles. The normalized spacial score (nSPS) is 21.4. The molecule has 2 aliphatic rings. The Hall–Kier alpha value is -1.71. The van der Waals surface area contributed by atoms with E-state index >= 15 is 0 Å². The lowest BCUT2D eigenvalue weighted by molar-refractivity contribution is 0.189. The SMILES string of the molecule is C[C@@H]1CCCN1CCN1CCc2cc(-c3ccc(F)cc3)ccc2C1. The molecule has 4 rings (SSSR count). The fraction of sp³-hybridized carbons (Fsp3) is 0.455. The number of hydrogen-bond acceptors (Lipinski definition) is 2. The molecule has 0 aliphatic carbocycles. The Bertz CT molecular complexity index is 725. The summed E-state index contributed by atoms with van der Waals surface area (Å²) >= 11 is 0. The van der Waals surface area contributed by atoms with Crippen molar-refractivity contribution in [1.82, 2.24) is 9.80 Å². The Morgan fingerprint density at radius 3 is 2.52 bits per heavy atom.